The molecule has 2 N–H and O–H groups in total. The van der Waals surface area contributed by atoms with Gasteiger partial charge in [0.15, 0.2) is 0 Å². The molecule has 3 rings (SSSR count). The van der Waals surface area contributed by atoms with Crippen molar-refractivity contribution in [3.8, 4) is 0 Å². The fraction of sp³-hybridized carbons (Fsp3) is 0.421. The zero-order chi connectivity index (χ0) is 20.5. The van der Waals surface area contributed by atoms with Crippen LogP contribution in [0.3, 0.4) is 0 Å². The Labute approximate surface area is 183 Å². The molecule has 1 aliphatic carbocycles. The van der Waals surface area contributed by atoms with Gasteiger partial charge >= 0.3 is 0 Å². The molecule has 1 saturated carbocycles. The van der Waals surface area contributed by atoms with Gasteiger partial charge in [-0.3, -0.25) is 14.1 Å². The quantitative estimate of drug-likeness (QED) is 0.541. The molecule has 0 saturated heterocycles. The Kier molecular flexibility index (Phi) is 6.61. The van der Waals surface area contributed by atoms with Crippen molar-refractivity contribution in [2.75, 3.05) is 10.0 Å². The first-order chi connectivity index (χ1) is 13.2. The molecule has 1 aromatic heterocycles. The minimum Gasteiger partial charge on any atom is -0.339 e. The third-order valence-corrected chi connectivity index (χ3v) is 7.86. The molecule has 9 heteroatoms. The highest BCUT2D eigenvalue weighted by Gasteiger charge is 2.28. The van der Waals surface area contributed by atoms with Crippen molar-refractivity contribution in [3.63, 3.8) is 0 Å². The molecule has 152 valence electrons. The monoisotopic (exact) mass is 535 g/mol. The average molecular weight is 536 g/mol. The molecule has 2 aromatic rings. The van der Waals surface area contributed by atoms with Gasteiger partial charge in [-0.1, -0.05) is 30.9 Å². The van der Waals surface area contributed by atoms with Crippen molar-refractivity contribution in [2.45, 2.75) is 44.3 Å². The minimum absolute atomic E-state index is 0.204. The Bertz CT molecular complexity index is 1050. The summed E-state index contributed by atoms with van der Waals surface area (Å²) in [4.78, 5) is 12.4. The number of nitrogens with zero attached hydrogens (tertiary/aromatic N) is 1. The van der Waals surface area contributed by atoms with Crippen molar-refractivity contribution in [1.82, 2.24) is 4.57 Å². The number of aromatic nitrogens is 1. The van der Waals surface area contributed by atoms with E-state index in [0.29, 0.717) is 40.6 Å². The highest BCUT2D eigenvalue weighted by atomic mass is 127. The van der Waals surface area contributed by atoms with Crippen LogP contribution in [0.5, 0.6) is 0 Å². The Morgan fingerprint density at radius 3 is 2.46 bits per heavy atom. The summed E-state index contributed by atoms with van der Waals surface area (Å²) in [5.41, 5.74) is 1.20. The molecule has 0 spiro atoms. The normalized spacial score (nSPS) is 15.4. The first kappa shape index (κ1) is 21.4. The largest absolute Gasteiger partial charge is 0.339 e. The number of pyridine rings is 1. The van der Waals surface area contributed by atoms with Gasteiger partial charge in [0.2, 0.25) is 10.0 Å². The predicted octanol–water partition coefficient (Wildman–Crippen LogP) is 4.77. The van der Waals surface area contributed by atoms with Gasteiger partial charge in [0.05, 0.1) is 21.6 Å². The van der Waals surface area contributed by atoms with E-state index in [2.05, 4.69) is 32.6 Å². The molecule has 1 fully saturated rings. The fourth-order valence-electron chi connectivity index (χ4n) is 3.45. The maximum absolute atomic E-state index is 12.9. The first-order valence-corrected chi connectivity index (χ1v) is 12.1. The molecule has 1 aromatic carbocycles. The minimum atomic E-state index is -3.55. The number of hydrogen-bond acceptors (Lipinski definition) is 4. The fourth-order valence-corrected chi connectivity index (χ4v) is 5.94. The second-order valence-corrected chi connectivity index (χ2v) is 10.7. The average Bonchev–Trinajstić information content (AvgIpc) is 2.65. The van der Waals surface area contributed by atoms with Crippen LogP contribution in [-0.4, -0.2) is 18.2 Å². The van der Waals surface area contributed by atoms with Crippen LogP contribution in [0.1, 0.15) is 37.7 Å². The summed E-state index contributed by atoms with van der Waals surface area (Å²) in [6.45, 7) is 1.67. The highest BCUT2D eigenvalue weighted by Crippen LogP contribution is 2.32. The lowest BCUT2D eigenvalue weighted by Gasteiger charge is -2.24. The number of anilines is 3. The smallest absolute Gasteiger partial charge is 0.254 e. The van der Waals surface area contributed by atoms with E-state index in [1.54, 1.807) is 32.2 Å². The molecule has 0 bridgehead atoms. The van der Waals surface area contributed by atoms with Crippen molar-refractivity contribution >= 4 is 61.4 Å². The standard InChI is InChI=1S/C19H23ClIN3O3S/c1-12-10-17(23-28(26,27)14-6-4-3-5-7-14)18(24(2)19(12)25)22-16-9-8-13(21)11-15(16)20/h8-11,14,22-23H,3-7H2,1-2H3. The Hall–Kier alpha value is -1.26. The van der Waals surface area contributed by atoms with Gasteiger partial charge in [-0.05, 0) is 66.6 Å². The van der Waals surface area contributed by atoms with Crippen LogP contribution in [0.15, 0.2) is 29.1 Å². The van der Waals surface area contributed by atoms with E-state index in [0.717, 1.165) is 22.8 Å². The van der Waals surface area contributed by atoms with E-state index in [1.807, 2.05) is 6.07 Å². The van der Waals surface area contributed by atoms with Gasteiger partial charge in [0.25, 0.3) is 5.56 Å². The summed E-state index contributed by atoms with van der Waals surface area (Å²) in [5, 5.41) is 3.21. The molecule has 6 nitrogen and oxygen atoms in total. The summed E-state index contributed by atoms with van der Waals surface area (Å²) < 4.78 is 31.0. The number of halogens is 2. The molecule has 28 heavy (non-hydrogen) atoms. The number of rotatable bonds is 5. The van der Waals surface area contributed by atoms with Gasteiger partial charge < -0.3 is 5.32 Å². The second-order valence-electron chi connectivity index (χ2n) is 7.11. The van der Waals surface area contributed by atoms with E-state index in [4.69, 9.17) is 11.6 Å². The highest BCUT2D eigenvalue weighted by molar-refractivity contribution is 14.1. The van der Waals surface area contributed by atoms with Crippen LogP contribution in [0, 0.1) is 10.5 Å². The molecule has 1 heterocycles. The van der Waals surface area contributed by atoms with Crippen LogP contribution in [0.2, 0.25) is 5.02 Å². The lowest BCUT2D eigenvalue weighted by atomic mass is 10.0. The van der Waals surface area contributed by atoms with Crippen molar-refractivity contribution in [3.05, 3.63) is 48.8 Å². The zero-order valence-electron chi connectivity index (χ0n) is 15.8. The number of sulfonamides is 1. The van der Waals surface area contributed by atoms with Crippen molar-refractivity contribution in [1.29, 1.82) is 0 Å². The molecule has 0 radical (unpaired) electrons. The van der Waals surface area contributed by atoms with Crippen molar-refractivity contribution in [2.24, 2.45) is 7.05 Å². The molecular formula is C19H23ClIN3O3S. The van der Waals surface area contributed by atoms with E-state index in [-0.39, 0.29) is 5.56 Å². The Morgan fingerprint density at radius 1 is 1.14 bits per heavy atom. The lowest BCUT2D eigenvalue weighted by Crippen LogP contribution is -2.31. The summed E-state index contributed by atoms with van der Waals surface area (Å²) in [6.07, 6.45) is 4.23. The van der Waals surface area contributed by atoms with Crippen LogP contribution < -0.4 is 15.6 Å². The Balaban J connectivity index is 2.02. The number of nitrogens with one attached hydrogen (secondary N) is 2. The predicted molar refractivity (Wildman–Crippen MR) is 123 cm³/mol. The molecule has 1 aliphatic rings. The molecule has 0 atom stereocenters. The second kappa shape index (κ2) is 8.62. The number of aryl methyl sites for hydroxylation is 1. The van der Waals surface area contributed by atoms with Crippen LogP contribution in [0.4, 0.5) is 17.2 Å². The molecule has 0 amide bonds. The van der Waals surface area contributed by atoms with E-state index in [1.165, 1.54) is 4.57 Å². The summed E-state index contributed by atoms with van der Waals surface area (Å²) in [5.74, 6) is 0.359. The lowest BCUT2D eigenvalue weighted by molar-refractivity contribution is 0.486. The summed E-state index contributed by atoms with van der Waals surface area (Å²) in [7, 11) is -1.95. The van der Waals surface area contributed by atoms with Crippen LogP contribution in [-0.2, 0) is 17.1 Å². The maximum atomic E-state index is 12.9. The SMILES string of the molecule is Cc1cc(NS(=O)(=O)C2CCCCC2)c(Nc2ccc(I)cc2Cl)n(C)c1=O. The first-order valence-electron chi connectivity index (χ1n) is 9.13. The van der Waals surface area contributed by atoms with Gasteiger partial charge in [-0.2, -0.15) is 0 Å². The zero-order valence-corrected chi connectivity index (χ0v) is 19.5. The number of hydrogen-bond donors (Lipinski definition) is 2. The van der Waals surface area contributed by atoms with E-state index >= 15 is 0 Å². The van der Waals surface area contributed by atoms with Crippen LogP contribution in [0.25, 0.3) is 0 Å². The Morgan fingerprint density at radius 2 is 1.82 bits per heavy atom. The topological polar surface area (TPSA) is 80.2 Å². The molecular weight excluding hydrogens is 513 g/mol. The van der Waals surface area contributed by atoms with Crippen LogP contribution >= 0.6 is 34.2 Å². The van der Waals surface area contributed by atoms with Gasteiger partial charge in [0.1, 0.15) is 5.82 Å². The molecule has 0 aliphatic heterocycles. The van der Waals surface area contributed by atoms with Gasteiger partial charge in [-0.25, -0.2) is 8.42 Å². The van der Waals surface area contributed by atoms with Crippen molar-refractivity contribution < 1.29 is 8.42 Å². The third kappa shape index (κ3) is 4.65. The summed E-state index contributed by atoms with van der Waals surface area (Å²) >= 11 is 8.48. The number of benzene rings is 1. The molecule has 0 unspecified atom stereocenters. The van der Waals surface area contributed by atoms with Gasteiger partial charge in [0, 0.05) is 16.2 Å². The summed E-state index contributed by atoms with van der Waals surface area (Å²) in [6, 6.07) is 7.05. The third-order valence-electron chi connectivity index (χ3n) is 5.02. The van der Waals surface area contributed by atoms with E-state index in [9.17, 15) is 13.2 Å². The maximum Gasteiger partial charge on any atom is 0.254 e. The van der Waals surface area contributed by atoms with Gasteiger partial charge in [-0.15, -0.1) is 0 Å². The van der Waals surface area contributed by atoms with E-state index < -0.39 is 15.3 Å².